The number of aromatic nitrogens is 2. The van der Waals surface area contributed by atoms with Crippen molar-refractivity contribution < 1.29 is 13.2 Å². The quantitative estimate of drug-likeness (QED) is 0.766. The lowest BCUT2D eigenvalue weighted by Crippen LogP contribution is -2.05. The Morgan fingerprint density at radius 3 is 2.85 bits per heavy atom. The maximum atomic E-state index is 12.8. The molecule has 2 heterocycles. The van der Waals surface area contributed by atoms with Gasteiger partial charge < -0.3 is 4.57 Å². The first kappa shape index (κ1) is 11.5. The minimum absolute atomic E-state index is 0.609. The predicted molar refractivity (Wildman–Crippen MR) is 69.4 cm³/mol. The molecule has 0 spiro atoms. The lowest BCUT2D eigenvalue weighted by Gasteiger charge is -2.12. The smallest absolute Gasteiger partial charge is 0.303 e. The van der Waals surface area contributed by atoms with Crippen LogP contribution >= 0.6 is 0 Å². The van der Waals surface area contributed by atoms with Gasteiger partial charge in [-0.05, 0) is 34.9 Å². The Morgan fingerprint density at radius 2 is 2.05 bits per heavy atom. The Labute approximate surface area is 112 Å². The average Bonchev–Trinajstić information content (AvgIpc) is 3.10. The number of alkyl halides is 3. The van der Waals surface area contributed by atoms with Gasteiger partial charge in [-0.25, -0.2) is 4.98 Å². The molecule has 1 aromatic heterocycles. The summed E-state index contributed by atoms with van der Waals surface area (Å²) in [4.78, 5) is 4.08. The monoisotopic (exact) mass is 274 g/mol. The van der Waals surface area contributed by atoms with Crippen molar-refractivity contribution >= 4 is 16.8 Å². The summed E-state index contributed by atoms with van der Waals surface area (Å²) in [5.41, 5.74) is 3.97. The summed E-state index contributed by atoms with van der Waals surface area (Å²) in [6, 6.07) is 5.48. The average molecular weight is 274 g/mol. The summed E-state index contributed by atoms with van der Waals surface area (Å²) < 4.78 is 40.3. The van der Waals surface area contributed by atoms with E-state index in [0.717, 1.165) is 35.0 Å². The molecule has 4 rings (SSSR count). The fourth-order valence-corrected chi connectivity index (χ4v) is 2.83. The Bertz CT molecular complexity index is 778. The zero-order valence-electron chi connectivity index (χ0n) is 10.3. The first-order valence-electron chi connectivity index (χ1n) is 6.18. The van der Waals surface area contributed by atoms with E-state index >= 15 is 0 Å². The van der Waals surface area contributed by atoms with Gasteiger partial charge in [0.15, 0.2) is 0 Å². The molecule has 1 aliphatic carbocycles. The maximum absolute atomic E-state index is 12.8. The van der Waals surface area contributed by atoms with Crippen LogP contribution < -0.4 is 0 Å². The van der Waals surface area contributed by atoms with Crippen LogP contribution in [0.5, 0.6) is 0 Å². The molecule has 2 nitrogen and oxygen atoms in total. The molecule has 0 unspecified atom stereocenters. The van der Waals surface area contributed by atoms with Crippen LogP contribution in [0.25, 0.3) is 16.8 Å². The van der Waals surface area contributed by atoms with Gasteiger partial charge in [-0.1, -0.05) is 12.1 Å². The molecular weight excluding hydrogens is 265 g/mol. The summed E-state index contributed by atoms with van der Waals surface area (Å²) in [6.45, 7) is 0. The largest absolute Gasteiger partial charge is 0.416 e. The number of allylic oxidation sites excluding steroid dienone is 4. The number of imidazole rings is 1. The van der Waals surface area contributed by atoms with Gasteiger partial charge in [0, 0.05) is 12.1 Å². The summed E-state index contributed by atoms with van der Waals surface area (Å²) in [6.07, 6.45) is 1.89. The van der Waals surface area contributed by atoms with E-state index in [0.29, 0.717) is 5.56 Å². The maximum Gasteiger partial charge on any atom is 0.416 e. The molecule has 1 aromatic carbocycles. The van der Waals surface area contributed by atoms with Gasteiger partial charge in [0.25, 0.3) is 0 Å². The van der Waals surface area contributed by atoms with E-state index in [9.17, 15) is 13.2 Å². The highest BCUT2D eigenvalue weighted by Gasteiger charge is 2.33. The second-order valence-electron chi connectivity index (χ2n) is 4.93. The molecule has 20 heavy (non-hydrogen) atoms. The molecule has 100 valence electrons. The Balaban J connectivity index is 1.86. The number of halogens is 3. The van der Waals surface area contributed by atoms with Crippen molar-refractivity contribution in [2.45, 2.75) is 12.6 Å². The molecule has 0 saturated carbocycles. The van der Waals surface area contributed by atoms with E-state index in [4.69, 9.17) is 0 Å². The van der Waals surface area contributed by atoms with E-state index < -0.39 is 11.7 Å². The van der Waals surface area contributed by atoms with Crippen LogP contribution in [0.2, 0.25) is 0 Å². The normalized spacial score (nSPS) is 16.6. The fraction of sp³-hybridized carbons (Fsp3) is 0.133. The summed E-state index contributed by atoms with van der Waals surface area (Å²) >= 11 is 0. The van der Waals surface area contributed by atoms with E-state index in [1.165, 1.54) is 12.1 Å². The minimum atomic E-state index is -4.31. The number of fused-ring (bicyclic) bond motifs is 5. The molecule has 5 heteroatoms. The van der Waals surface area contributed by atoms with Crippen molar-refractivity contribution in [3.8, 4) is 0 Å². The van der Waals surface area contributed by atoms with Gasteiger partial charge in [0.1, 0.15) is 0 Å². The second-order valence-corrected chi connectivity index (χ2v) is 4.93. The second kappa shape index (κ2) is 3.62. The van der Waals surface area contributed by atoms with Crippen LogP contribution in [-0.4, -0.2) is 9.55 Å². The van der Waals surface area contributed by atoms with Crippen molar-refractivity contribution in [3.05, 3.63) is 59.7 Å². The third kappa shape index (κ3) is 1.49. The van der Waals surface area contributed by atoms with Gasteiger partial charge in [0.2, 0.25) is 0 Å². The van der Waals surface area contributed by atoms with Crippen LogP contribution in [0.15, 0.2) is 42.9 Å². The topological polar surface area (TPSA) is 17.8 Å². The number of hydrogen-bond donors (Lipinski definition) is 0. The third-order valence-corrected chi connectivity index (χ3v) is 3.75. The van der Waals surface area contributed by atoms with Gasteiger partial charge in [0.05, 0.1) is 23.8 Å². The van der Waals surface area contributed by atoms with Gasteiger partial charge in [-0.15, -0.1) is 0 Å². The molecule has 1 aliphatic heterocycles. The van der Waals surface area contributed by atoms with Gasteiger partial charge in [-0.3, -0.25) is 0 Å². The van der Waals surface area contributed by atoms with Gasteiger partial charge >= 0.3 is 6.18 Å². The third-order valence-electron chi connectivity index (χ3n) is 3.75. The zero-order chi connectivity index (χ0) is 13.9. The number of nitrogens with zero attached hydrogens (tertiary/aromatic N) is 2. The molecule has 2 bridgehead atoms. The number of benzene rings is 1. The summed E-state index contributed by atoms with van der Waals surface area (Å²) in [5.74, 6) is 0. The Hall–Kier alpha value is -2.30. The highest BCUT2D eigenvalue weighted by Crippen LogP contribution is 2.47. The molecule has 0 atom stereocenters. The summed E-state index contributed by atoms with van der Waals surface area (Å²) in [5, 5.41) is 0. The Kier molecular flexibility index (Phi) is 2.09. The number of rotatable bonds is 1. The fourth-order valence-electron chi connectivity index (χ4n) is 2.83. The van der Waals surface area contributed by atoms with Crippen LogP contribution in [0.1, 0.15) is 23.2 Å². The van der Waals surface area contributed by atoms with Crippen molar-refractivity contribution in [2.75, 3.05) is 0 Å². The number of hydrogen-bond acceptors (Lipinski definition) is 1. The van der Waals surface area contributed by atoms with Crippen LogP contribution in [-0.2, 0) is 6.18 Å². The van der Waals surface area contributed by atoms with Crippen LogP contribution in [0.3, 0.4) is 0 Å². The molecule has 0 saturated heterocycles. The van der Waals surface area contributed by atoms with Crippen molar-refractivity contribution in [1.29, 1.82) is 0 Å². The van der Waals surface area contributed by atoms with Crippen LogP contribution in [0.4, 0.5) is 13.2 Å². The molecule has 2 aromatic rings. The van der Waals surface area contributed by atoms with E-state index in [2.05, 4.69) is 4.98 Å². The van der Waals surface area contributed by atoms with E-state index in [1.807, 2.05) is 10.6 Å². The lowest BCUT2D eigenvalue weighted by molar-refractivity contribution is -0.137. The van der Waals surface area contributed by atoms with Crippen molar-refractivity contribution in [1.82, 2.24) is 9.55 Å². The zero-order valence-corrected chi connectivity index (χ0v) is 10.3. The van der Waals surface area contributed by atoms with Crippen LogP contribution in [0, 0.1) is 0 Å². The van der Waals surface area contributed by atoms with E-state index in [-0.39, 0.29) is 0 Å². The SMILES string of the molecule is FC(F)(F)c1cccc(C2=C3CC(=C2)n2cncc23)c1. The molecule has 0 N–H and O–H groups in total. The first-order chi connectivity index (χ1) is 9.54. The molecule has 0 amide bonds. The molecular formula is C15H9F3N2. The first-order valence-corrected chi connectivity index (χ1v) is 6.18. The highest BCUT2D eigenvalue weighted by molar-refractivity contribution is 6.07. The predicted octanol–water partition coefficient (Wildman–Crippen LogP) is 4.07. The summed E-state index contributed by atoms with van der Waals surface area (Å²) in [7, 11) is 0. The molecule has 0 radical (unpaired) electrons. The van der Waals surface area contributed by atoms with E-state index in [1.54, 1.807) is 18.6 Å². The minimum Gasteiger partial charge on any atom is -0.303 e. The molecule has 0 fully saturated rings. The Morgan fingerprint density at radius 1 is 1.20 bits per heavy atom. The highest BCUT2D eigenvalue weighted by atomic mass is 19.4. The van der Waals surface area contributed by atoms with Gasteiger partial charge in [-0.2, -0.15) is 13.2 Å². The standard InChI is InChI=1S/C15H9F3N2/c16-15(17,18)10-3-1-2-9(4-10)12-5-11-6-13(12)14-7-19-8-20(11)14/h1-5,7-8H,6H2. The van der Waals surface area contributed by atoms with Crippen molar-refractivity contribution in [2.24, 2.45) is 0 Å². The lowest BCUT2D eigenvalue weighted by atomic mass is 9.99. The van der Waals surface area contributed by atoms with Crippen molar-refractivity contribution in [3.63, 3.8) is 0 Å². The molecule has 2 aliphatic rings.